The van der Waals surface area contributed by atoms with Gasteiger partial charge in [-0.15, -0.1) is 6.58 Å². The maximum atomic E-state index is 11.9. The Kier molecular flexibility index (Phi) is 5.15. The van der Waals surface area contributed by atoms with Gasteiger partial charge in [0.2, 0.25) is 0 Å². The molecule has 0 radical (unpaired) electrons. The minimum absolute atomic E-state index is 0.330. The second kappa shape index (κ2) is 6.39. The summed E-state index contributed by atoms with van der Waals surface area (Å²) in [6.07, 6.45) is 4.22. The molecule has 18 heavy (non-hydrogen) atoms. The van der Waals surface area contributed by atoms with E-state index in [1.807, 2.05) is 0 Å². The van der Waals surface area contributed by atoms with E-state index in [1.54, 1.807) is 30.0 Å². The molecule has 0 bridgehead atoms. The van der Waals surface area contributed by atoms with Crippen LogP contribution in [0.5, 0.6) is 0 Å². The van der Waals surface area contributed by atoms with Crippen molar-refractivity contribution in [3.8, 4) is 0 Å². The molecule has 1 aromatic heterocycles. The summed E-state index contributed by atoms with van der Waals surface area (Å²) in [7, 11) is 1.72. The first-order valence-corrected chi connectivity index (χ1v) is 6.21. The lowest BCUT2D eigenvalue weighted by Crippen LogP contribution is -2.41. The molecule has 98 valence electrons. The molecule has 0 saturated heterocycles. The second-order valence-electron chi connectivity index (χ2n) is 3.88. The fourth-order valence-corrected chi connectivity index (χ4v) is 2.05. The zero-order valence-electron chi connectivity index (χ0n) is 10.0. The van der Waals surface area contributed by atoms with Crippen LogP contribution in [0.25, 0.3) is 0 Å². The average molecular weight is 315 g/mol. The summed E-state index contributed by atoms with van der Waals surface area (Å²) in [5.41, 5.74) is 0.409. The number of amides is 1. The maximum absolute atomic E-state index is 11.9. The van der Waals surface area contributed by atoms with Gasteiger partial charge in [0.05, 0.1) is 0 Å². The number of carbonyl (C=O) groups is 2. The molecular formula is C12H15BrN2O3. The topological polar surface area (TPSA) is 71.3 Å². The van der Waals surface area contributed by atoms with Crippen molar-refractivity contribution in [2.45, 2.75) is 18.9 Å². The monoisotopic (exact) mass is 314 g/mol. The summed E-state index contributed by atoms with van der Waals surface area (Å²) >= 11 is 3.26. The van der Waals surface area contributed by atoms with Crippen molar-refractivity contribution in [3.05, 3.63) is 35.1 Å². The lowest BCUT2D eigenvalue weighted by molar-refractivity contribution is -0.139. The number of carboxylic acids is 1. The van der Waals surface area contributed by atoms with Crippen molar-refractivity contribution >= 4 is 27.8 Å². The van der Waals surface area contributed by atoms with Crippen molar-refractivity contribution in [2.24, 2.45) is 7.05 Å². The molecule has 0 aliphatic heterocycles. The van der Waals surface area contributed by atoms with Crippen LogP contribution in [-0.4, -0.2) is 27.6 Å². The number of hydrogen-bond acceptors (Lipinski definition) is 2. The highest BCUT2D eigenvalue weighted by atomic mass is 79.9. The normalized spacial score (nSPS) is 11.9. The van der Waals surface area contributed by atoms with E-state index in [-0.39, 0.29) is 0 Å². The van der Waals surface area contributed by atoms with E-state index in [4.69, 9.17) is 5.11 Å². The number of allylic oxidation sites excluding steroid dienone is 1. The quantitative estimate of drug-likeness (QED) is 0.788. The molecule has 0 aliphatic carbocycles. The number of carboxylic acid groups (broad SMARTS) is 1. The first kappa shape index (κ1) is 14.5. The van der Waals surface area contributed by atoms with Gasteiger partial charge in [0, 0.05) is 17.7 Å². The van der Waals surface area contributed by atoms with Crippen molar-refractivity contribution in [1.82, 2.24) is 9.88 Å². The van der Waals surface area contributed by atoms with Gasteiger partial charge in [0.1, 0.15) is 11.7 Å². The third-order valence-corrected chi connectivity index (χ3v) is 2.90. The van der Waals surface area contributed by atoms with Gasteiger partial charge in [-0.3, -0.25) is 4.79 Å². The largest absolute Gasteiger partial charge is 0.480 e. The summed E-state index contributed by atoms with van der Waals surface area (Å²) in [5.74, 6) is -1.45. The lowest BCUT2D eigenvalue weighted by Gasteiger charge is -2.13. The highest BCUT2D eigenvalue weighted by molar-refractivity contribution is 9.10. The minimum atomic E-state index is -1.04. The number of nitrogens with zero attached hydrogens (tertiary/aromatic N) is 1. The molecular weight excluding hydrogens is 300 g/mol. The molecule has 0 aromatic carbocycles. The van der Waals surface area contributed by atoms with Crippen LogP contribution < -0.4 is 5.32 Å². The van der Waals surface area contributed by atoms with E-state index in [9.17, 15) is 9.59 Å². The van der Waals surface area contributed by atoms with Crippen LogP contribution in [0.3, 0.4) is 0 Å². The Labute approximate surface area is 114 Å². The molecule has 1 aromatic rings. The average Bonchev–Trinajstić information content (AvgIpc) is 2.63. The van der Waals surface area contributed by atoms with E-state index < -0.39 is 17.9 Å². The highest BCUT2D eigenvalue weighted by Crippen LogP contribution is 2.14. The fourth-order valence-electron chi connectivity index (χ4n) is 1.52. The number of aromatic nitrogens is 1. The number of rotatable bonds is 6. The van der Waals surface area contributed by atoms with E-state index >= 15 is 0 Å². The van der Waals surface area contributed by atoms with Crippen molar-refractivity contribution < 1.29 is 14.7 Å². The third kappa shape index (κ3) is 3.73. The number of aliphatic carboxylic acids is 1. The predicted molar refractivity (Wildman–Crippen MR) is 71.4 cm³/mol. The highest BCUT2D eigenvalue weighted by Gasteiger charge is 2.21. The summed E-state index contributed by atoms with van der Waals surface area (Å²) in [4.78, 5) is 22.9. The summed E-state index contributed by atoms with van der Waals surface area (Å²) in [5, 5.41) is 11.5. The van der Waals surface area contributed by atoms with Crippen LogP contribution in [0.15, 0.2) is 29.4 Å². The Morgan fingerprint density at radius 2 is 2.33 bits per heavy atom. The Bertz CT molecular complexity index is 468. The SMILES string of the molecule is C=CCCC(NC(=O)c1cc(Br)cn1C)C(=O)O. The molecule has 0 saturated carbocycles. The van der Waals surface area contributed by atoms with E-state index in [0.29, 0.717) is 18.5 Å². The van der Waals surface area contributed by atoms with Crippen molar-refractivity contribution in [2.75, 3.05) is 0 Å². The number of aryl methyl sites for hydroxylation is 1. The van der Waals surface area contributed by atoms with Gasteiger partial charge < -0.3 is 15.0 Å². The standard InChI is InChI=1S/C12H15BrN2O3/c1-3-4-5-9(12(17)18)14-11(16)10-6-8(13)7-15(10)2/h3,6-7,9H,1,4-5H2,2H3,(H,14,16)(H,17,18). The van der Waals surface area contributed by atoms with Gasteiger partial charge in [-0.05, 0) is 34.8 Å². The van der Waals surface area contributed by atoms with Crippen molar-refractivity contribution in [3.63, 3.8) is 0 Å². The Hall–Kier alpha value is -1.56. The van der Waals surface area contributed by atoms with Gasteiger partial charge >= 0.3 is 5.97 Å². The Morgan fingerprint density at radius 1 is 1.67 bits per heavy atom. The smallest absolute Gasteiger partial charge is 0.326 e. The molecule has 0 aliphatic rings. The summed E-state index contributed by atoms with van der Waals surface area (Å²) in [6, 6.07) is 0.742. The molecule has 6 heteroatoms. The van der Waals surface area contributed by atoms with Gasteiger partial charge in [0.25, 0.3) is 5.91 Å². The second-order valence-corrected chi connectivity index (χ2v) is 4.80. The first-order valence-electron chi connectivity index (χ1n) is 5.42. The van der Waals surface area contributed by atoms with E-state index in [0.717, 1.165) is 4.47 Å². The Morgan fingerprint density at radius 3 is 2.78 bits per heavy atom. The molecule has 0 spiro atoms. The van der Waals surface area contributed by atoms with Gasteiger partial charge in [-0.1, -0.05) is 6.08 Å². The van der Waals surface area contributed by atoms with Gasteiger partial charge in [-0.2, -0.15) is 0 Å². The maximum Gasteiger partial charge on any atom is 0.326 e. The van der Waals surface area contributed by atoms with Crippen LogP contribution in [-0.2, 0) is 11.8 Å². The minimum Gasteiger partial charge on any atom is -0.480 e. The predicted octanol–water partition coefficient (Wildman–Crippen LogP) is 1.94. The number of carbonyl (C=O) groups excluding carboxylic acids is 1. The van der Waals surface area contributed by atoms with E-state index in [2.05, 4.69) is 27.8 Å². The van der Waals surface area contributed by atoms with Crippen LogP contribution in [0.1, 0.15) is 23.3 Å². The van der Waals surface area contributed by atoms with Crippen LogP contribution in [0, 0.1) is 0 Å². The van der Waals surface area contributed by atoms with Gasteiger partial charge in [0.15, 0.2) is 0 Å². The van der Waals surface area contributed by atoms with Gasteiger partial charge in [-0.25, -0.2) is 4.79 Å². The summed E-state index contributed by atoms with van der Waals surface area (Å²) in [6.45, 7) is 3.53. The molecule has 1 atom stereocenters. The number of hydrogen-bond donors (Lipinski definition) is 2. The van der Waals surface area contributed by atoms with Crippen LogP contribution >= 0.6 is 15.9 Å². The molecule has 0 fully saturated rings. The zero-order chi connectivity index (χ0) is 13.7. The zero-order valence-corrected chi connectivity index (χ0v) is 11.6. The third-order valence-electron chi connectivity index (χ3n) is 2.47. The van der Waals surface area contributed by atoms with E-state index in [1.165, 1.54) is 0 Å². The van der Waals surface area contributed by atoms with Crippen LogP contribution in [0.2, 0.25) is 0 Å². The first-order chi connectivity index (χ1) is 8.45. The molecule has 1 rings (SSSR count). The summed E-state index contributed by atoms with van der Waals surface area (Å²) < 4.78 is 2.40. The molecule has 5 nitrogen and oxygen atoms in total. The fraction of sp³-hybridized carbons (Fsp3) is 0.333. The Balaban J connectivity index is 2.75. The molecule has 1 unspecified atom stereocenters. The number of nitrogens with one attached hydrogen (secondary N) is 1. The number of halogens is 1. The van der Waals surface area contributed by atoms with Crippen LogP contribution in [0.4, 0.5) is 0 Å². The molecule has 2 N–H and O–H groups in total. The molecule has 1 amide bonds. The van der Waals surface area contributed by atoms with Crippen molar-refractivity contribution in [1.29, 1.82) is 0 Å². The molecule has 1 heterocycles. The lowest BCUT2D eigenvalue weighted by atomic mass is 10.1.